The van der Waals surface area contributed by atoms with E-state index in [0.717, 1.165) is 0 Å². The SMILES string of the molecule is CC(=O)C1CC2OC(CC(C(C)=O)C2=O)C1=O. The molecule has 0 aromatic heterocycles. The van der Waals surface area contributed by atoms with Crippen LogP contribution in [-0.4, -0.2) is 35.3 Å². The molecule has 0 spiro atoms. The minimum Gasteiger partial charge on any atom is -0.359 e. The molecule has 0 amide bonds. The van der Waals surface area contributed by atoms with E-state index >= 15 is 0 Å². The smallest absolute Gasteiger partial charge is 0.172 e. The Morgan fingerprint density at radius 2 is 1.29 bits per heavy atom. The summed E-state index contributed by atoms with van der Waals surface area (Å²) in [6.07, 6.45) is -1.36. The van der Waals surface area contributed by atoms with Crippen LogP contribution in [0.25, 0.3) is 0 Å². The van der Waals surface area contributed by atoms with Crippen molar-refractivity contribution >= 4 is 23.1 Å². The van der Waals surface area contributed by atoms with E-state index < -0.39 is 24.0 Å². The highest BCUT2D eigenvalue weighted by Crippen LogP contribution is 2.33. The molecule has 2 fully saturated rings. The molecule has 0 saturated carbocycles. The number of carbonyl (C=O) groups is 4. The van der Waals surface area contributed by atoms with E-state index in [1.54, 1.807) is 0 Å². The van der Waals surface area contributed by atoms with Gasteiger partial charge in [-0.2, -0.15) is 0 Å². The molecular weight excluding hydrogens is 224 g/mol. The molecule has 2 heterocycles. The summed E-state index contributed by atoms with van der Waals surface area (Å²) in [5.74, 6) is -2.52. The van der Waals surface area contributed by atoms with Crippen molar-refractivity contribution in [3.8, 4) is 0 Å². The van der Waals surface area contributed by atoms with E-state index in [2.05, 4.69) is 0 Å². The Bertz CT molecular complexity index is 373. The summed E-state index contributed by atoms with van der Waals surface area (Å²) in [6, 6.07) is 0. The van der Waals surface area contributed by atoms with Crippen molar-refractivity contribution in [2.24, 2.45) is 11.8 Å². The first-order chi connectivity index (χ1) is 7.91. The highest BCUT2D eigenvalue weighted by Gasteiger charge is 2.49. The summed E-state index contributed by atoms with van der Waals surface area (Å²) < 4.78 is 5.30. The Kier molecular flexibility index (Phi) is 2.95. The summed E-state index contributed by atoms with van der Waals surface area (Å²) in [6.45, 7) is 2.69. The fourth-order valence-corrected chi connectivity index (χ4v) is 2.52. The predicted octanol–water partition coefficient (Wildman–Crippen LogP) is 0.0962. The van der Waals surface area contributed by atoms with E-state index in [0.29, 0.717) is 0 Å². The van der Waals surface area contributed by atoms with Crippen molar-refractivity contribution in [3.63, 3.8) is 0 Å². The maximum Gasteiger partial charge on any atom is 0.172 e. The van der Waals surface area contributed by atoms with Crippen molar-refractivity contribution in [3.05, 3.63) is 0 Å². The number of Topliss-reactive ketones (excluding diaryl/α,β-unsaturated/α-hetero) is 4. The van der Waals surface area contributed by atoms with Gasteiger partial charge in [-0.1, -0.05) is 0 Å². The molecule has 17 heavy (non-hydrogen) atoms. The second-order valence-electron chi connectivity index (χ2n) is 4.72. The molecule has 2 bridgehead atoms. The number of hydrogen-bond acceptors (Lipinski definition) is 5. The first kappa shape index (κ1) is 12.1. The summed E-state index contributed by atoms with van der Waals surface area (Å²) in [5.41, 5.74) is 0. The normalized spacial score (nSPS) is 36.8. The standard InChI is InChI=1S/C12H14O5/c1-5(13)7-3-9-12(16)8(6(2)14)4-10(17-9)11(7)15/h7-10H,3-4H2,1-2H3. The van der Waals surface area contributed by atoms with Crippen molar-refractivity contribution < 1.29 is 23.9 Å². The molecule has 2 saturated heterocycles. The Morgan fingerprint density at radius 1 is 0.941 bits per heavy atom. The number of hydrogen-bond donors (Lipinski definition) is 0. The van der Waals surface area contributed by atoms with Gasteiger partial charge in [0, 0.05) is 0 Å². The van der Waals surface area contributed by atoms with E-state index in [-0.39, 0.29) is 36.0 Å². The lowest BCUT2D eigenvalue weighted by Crippen LogP contribution is -2.54. The van der Waals surface area contributed by atoms with Crippen LogP contribution in [0.3, 0.4) is 0 Å². The van der Waals surface area contributed by atoms with Crippen LogP contribution < -0.4 is 0 Å². The fourth-order valence-electron chi connectivity index (χ4n) is 2.52. The van der Waals surface area contributed by atoms with Gasteiger partial charge in [0.25, 0.3) is 0 Å². The van der Waals surface area contributed by atoms with Gasteiger partial charge >= 0.3 is 0 Å². The zero-order chi connectivity index (χ0) is 12.7. The molecule has 5 heteroatoms. The largest absolute Gasteiger partial charge is 0.359 e. The van der Waals surface area contributed by atoms with Crippen LogP contribution >= 0.6 is 0 Å². The molecule has 5 nitrogen and oxygen atoms in total. The third kappa shape index (κ3) is 1.95. The van der Waals surface area contributed by atoms with Crippen LogP contribution in [0.5, 0.6) is 0 Å². The highest BCUT2D eigenvalue weighted by molar-refractivity contribution is 6.10. The summed E-state index contributed by atoms with van der Waals surface area (Å²) in [5, 5.41) is 0. The molecule has 2 aliphatic heterocycles. The minimum atomic E-state index is -0.769. The van der Waals surface area contributed by atoms with E-state index in [1.165, 1.54) is 13.8 Å². The van der Waals surface area contributed by atoms with Crippen molar-refractivity contribution in [1.29, 1.82) is 0 Å². The van der Waals surface area contributed by atoms with Gasteiger partial charge in [-0.15, -0.1) is 0 Å². The molecule has 0 aromatic rings. The predicted molar refractivity (Wildman–Crippen MR) is 56.3 cm³/mol. The van der Waals surface area contributed by atoms with Gasteiger partial charge < -0.3 is 4.74 Å². The Balaban J connectivity index is 2.26. The zero-order valence-electron chi connectivity index (χ0n) is 9.76. The number of carbonyl (C=O) groups excluding carboxylic acids is 4. The second kappa shape index (κ2) is 4.14. The first-order valence-corrected chi connectivity index (χ1v) is 5.65. The molecule has 0 aromatic carbocycles. The maximum atomic E-state index is 11.9. The van der Waals surface area contributed by atoms with Gasteiger partial charge in [-0.25, -0.2) is 0 Å². The van der Waals surface area contributed by atoms with E-state index in [1.807, 2.05) is 0 Å². The lowest BCUT2D eigenvalue weighted by atomic mass is 9.75. The number of rotatable bonds is 2. The van der Waals surface area contributed by atoms with Crippen molar-refractivity contribution in [1.82, 2.24) is 0 Å². The van der Waals surface area contributed by atoms with E-state index in [9.17, 15) is 19.2 Å². The van der Waals surface area contributed by atoms with E-state index in [4.69, 9.17) is 4.74 Å². The van der Waals surface area contributed by atoms with Crippen molar-refractivity contribution in [2.45, 2.75) is 38.9 Å². The number of fused-ring (bicyclic) bond motifs is 2. The van der Waals surface area contributed by atoms with Crippen LogP contribution in [0.1, 0.15) is 26.7 Å². The summed E-state index contributed by atoms with van der Waals surface area (Å²) in [7, 11) is 0. The fraction of sp³-hybridized carbons (Fsp3) is 0.667. The molecule has 92 valence electrons. The van der Waals surface area contributed by atoms with Crippen molar-refractivity contribution in [2.75, 3.05) is 0 Å². The Morgan fingerprint density at radius 3 is 1.59 bits per heavy atom. The molecule has 0 N–H and O–H groups in total. The Hall–Kier alpha value is -1.36. The quantitative estimate of drug-likeness (QED) is 0.637. The first-order valence-electron chi connectivity index (χ1n) is 5.65. The van der Waals surface area contributed by atoms with Crippen LogP contribution in [0.15, 0.2) is 0 Å². The average Bonchev–Trinajstić information content (AvgIpc) is 2.25. The average molecular weight is 238 g/mol. The van der Waals surface area contributed by atoms with Gasteiger partial charge in [0.15, 0.2) is 11.6 Å². The molecule has 4 atom stereocenters. The van der Waals surface area contributed by atoms with Crippen LogP contribution in [0, 0.1) is 11.8 Å². The summed E-state index contributed by atoms with van der Waals surface area (Å²) >= 11 is 0. The zero-order valence-corrected chi connectivity index (χ0v) is 9.76. The molecule has 0 radical (unpaired) electrons. The third-order valence-electron chi connectivity index (χ3n) is 3.53. The lowest BCUT2D eigenvalue weighted by molar-refractivity contribution is -0.172. The highest BCUT2D eigenvalue weighted by atomic mass is 16.5. The van der Waals surface area contributed by atoms with Gasteiger partial charge in [-0.05, 0) is 26.7 Å². The van der Waals surface area contributed by atoms with Crippen LogP contribution in [0.4, 0.5) is 0 Å². The second-order valence-corrected chi connectivity index (χ2v) is 4.72. The molecule has 2 aliphatic rings. The van der Waals surface area contributed by atoms with Gasteiger partial charge in [0.05, 0.1) is 11.8 Å². The summed E-state index contributed by atoms with van der Waals surface area (Å²) in [4.78, 5) is 46.4. The molecule has 2 rings (SSSR count). The van der Waals surface area contributed by atoms with Gasteiger partial charge in [-0.3, -0.25) is 19.2 Å². The monoisotopic (exact) mass is 238 g/mol. The number of ether oxygens (including phenoxy) is 1. The minimum absolute atomic E-state index is 0.0906. The van der Waals surface area contributed by atoms with Crippen LogP contribution in [-0.2, 0) is 23.9 Å². The molecule has 4 unspecified atom stereocenters. The van der Waals surface area contributed by atoms with Crippen LogP contribution in [0.2, 0.25) is 0 Å². The number of ketones is 4. The molecular formula is C12H14O5. The Labute approximate surface area is 98.5 Å². The van der Waals surface area contributed by atoms with Gasteiger partial charge in [0.1, 0.15) is 23.8 Å². The molecule has 0 aliphatic carbocycles. The topological polar surface area (TPSA) is 77.5 Å². The third-order valence-corrected chi connectivity index (χ3v) is 3.53. The lowest BCUT2D eigenvalue weighted by Gasteiger charge is -2.39. The van der Waals surface area contributed by atoms with Gasteiger partial charge in [0.2, 0.25) is 0 Å². The maximum absolute atomic E-state index is 11.9.